The Balaban J connectivity index is 1.49. The summed E-state index contributed by atoms with van der Waals surface area (Å²) >= 11 is 1.60. The Bertz CT molecular complexity index is 886. The lowest BCUT2D eigenvalue weighted by Gasteiger charge is -2.28. The minimum Gasteiger partial charge on any atom is -0.452 e. The summed E-state index contributed by atoms with van der Waals surface area (Å²) in [5.74, 6) is -0.832. The molecule has 1 aromatic carbocycles. The molecule has 3 amide bonds. The topological polar surface area (TPSA) is 88.6 Å². The first kappa shape index (κ1) is 18.9. The second-order valence-corrected chi connectivity index (χ2v) is 8.62. The minimum atomic E-state index is -0.982. The van der Waals surface area contributed by atoms with E-state index < -0.39 is 23.5 Å². The van der Waals surface area contributed by atoms with Gasteiger partial charge >= 0.3 is 12.0 Å². The van der Waals surface area contributed by atoms with E-state index >= 15 is 0 Å². The molecule has 4 rings (SSSR count). The standard InChI is InChI=1S/C20H23N3O4S/c1-13(17(24)23-11-10-21-19(23)26)27-18(25)20(8-4-5-9-20)12-16-22-14-6-2-3-7-15(14)28-16/h2-3,6-7,13H,4-5,8-12H2,1H3,(H,21,26). The van der Waals surface area contributed by atoms with E-state index in [1.165, 1.54) is 6.92 Å². The van der Waals surface area contributed by atoms with Gasteiger partial charge in [-0.05, 0) is 31.9 Å². The molecule has 2 heterocycles. The normalized spacial score (nSPS) is 19.6. The van der Waals surface area contributed by atoms with E-state index in [4.69, 9.17) is 4.74 Å². The van der Waals surface area contributed by atoms with Crippen LogP contribution < -0.4 is 5.32 Å². The molecule has 1 aliphatic carbocycles. The van der Waals surface area contributed by atoms with Gasteiger partial charge in [-0.15, -0.1) is 11.3 Å². The SMILES string of the molecule is CC(OC(=O)C1(Cc2nc3ccccc3s2)CCCC1)C(=O)N1CCNC1=O. The van der Waals surface area contributed by atoms with Crippen molar-refractivity contribution < 1.29 is 19.1 Å². The Morgan fingerprint density at radius 1 is 1.32 bits per heavy atom. The van der Waals surface area contributed by atoms with Crippen LogP contribution in [0.4, 0.5) is 4.79 Å². The Hall–Kier alpha value is -2.48. The number of hydrogen-bond donors (Lipinski definition) is 1. The van der Waals surface area contributed by atoms with Gasteiger partial charge in [0.25, 0.3) is 5.91 Å². The predicted octanol–water partition coefficient (Wildman–Crippen LogP) is 2.88. The van der Waals surface area contributed by atoms with Gasteiger partial charge in [0.1, 0.15) is 0 Å². The lowest BCUT2D eigenvalue weighted by atomic mass is 9.83. The molecular formula is C20H23N3O4S. The number of nitrogens with one attached hydrogen (secondary N) is 1. The van der Waals surface area contributed by atoms with Crippen molar-refractivity contribution in [1.82, 2.24) is 15.2 Å². The average molecular weight is 401 g/mol. The summed E-state index contributed by atoms with van der Waals surface area (Å²) in [5, 5.41) is 3.50. The highest BCUT2D eigenvalue weighted by Gasteiger charge is 2.45. The fourth-order valence-electron chi connectivity index (χ4n) is 4.03. The molecule has 0 bridgehead atoms. The third-order valence-electron chi connectivity index (χ3n) is 5.58. The number of aromatic nitrogens is 1. The first-order valence-electron chi connectivity index (χ1n) is 9.63. The number of esters is 1. The van der Waals surface area contributed by atoms with Crippen LogP contribution in [0.15, 0.2) is 24.3 Å². The van der Waals surface area contributed by atoms with Crippen LogP contribution >= 0.6 is 11.3 Å². The Morgan fingerprint density at radius 2 is 2.07 bits per heavy atom. The second-order valence-electron chi connectivity index (χ2n) is 7.51. The number of benzene rings is 1. The number of thiazole rings is 1. The maximum atomic E-state index is 13.1. The number of urea groups is 1. The van der Waals surface area contributed by atoms with Gasteiger partial charge in [0.15, 0.2) is 6.10 Å². The van der Waals surface area contributed by atoms with Gasteiger partial charge in [-0.2, -0.15) is 0 Å². The molecule has 1 aliphatic heterocycles. The number of nitrogens with zero attached hydrogens (tertiary/aromatic N) is 2. The molecule has 2 fully saturated rings. The van der Waals surface area contributed by atoms with Gasteiger partial charge in [-0.1, -0.05) is 25.0 Å². The third kappa shape index (κ3) is 3.48. The quantitative estimate of drug-likeness (QED) is 0.779. The number of amides is 3. The zero-order chi connectivity index (χ0) is 19.7. The highest BCUT2D eigenvalue weighted by molar-refractivity contribution is 7.18. The molecule has 1 saturated heterocycles. The van der Waals surface area contributed by atoms with Crippen LogP contribution in [0.1, 0.15) is 37.6 Å². The lowest BCUT2D eigenvalue weighted by Crippen LogP contribution is -2.44. The molecular weight excluding hydrogens is 378 g/mol. The second kappa shape index (κ2) is 7.50. The van der Waals surface area contributed by atoms with Crippen molar-refractivity contribution in [1.29, 1.82) is 0 Å². The van der Waals surface area contributed by atoms with Gasteiger partial charge in [0, 0.05) is 19.5 Å². The van der Waals surface area contributed by atoms with Crippen LogP contribution in [-0.2, 0) is 20.7 Å². The summed E-state index contributed by atoms with van der Waals surface area (Å²) in [4.78, 5) is 43.0. The van der Waals surface area contributed by atoms with Crippen LogP contribution in [0.5, 0.6) is 0 Å². The Morgan fingerprint density at radius 3 is 2.75 bits per heavy atom. The van der Waals surface area contributed by atoms with Crippen LogP contribution in [0.25, 0.3) is 10.2 Å². The van der Waals surface area contributed by atoms with Crippen LogP contribution in [-0.4, -0.2) is 47.0 Å². The summed E-state index contributed by atoms with van der Waals surface area (Å²) < 4.78 is 6.67. The molecule has 1 aromatic heterocycles. The maximum Gasteiger partial charge on any atom is 0.324 e. The number of carbonyl (C=O) groups is 3. The highest BCUT2D eigenvalue weighted by Crippen LogP contribution is 2.43. The first-order valence-corrected chi connectivity index (χ1v) is 10.4. The van der Waals surface area contributed by atoms with Crippen molar-refractivity contribution in [3.63, 3.8) is 0 Å². The van der Waals surface area contributed by atoms with Gasteiger partial charge in [-0.25, -0.2) is 9.78 Å². The number of hydrogen-bond acceptors (Lipinski definition) is 6. The molecule has 0 spiro atoms. The molecule has 1 atom stereocenters. The largest absolute Gasteiger partial charge is 0.452 e. The van der Waals surface area contributed by atoms with Gasteiger partial charge in [0.2, 0.25) is 0 Å². The summed E-state index contributed by atoms with van der Waals surface area (Å²) in [6, 6.07) is 7.49. The van der Waals surface area contributed by atoms with Crippen LogP contribution in [0, 0.1) is 5.41 Å². The van der Waals surface area contributed by atoms with Crippen molar-refractivity contribution in [2.75, 3.05) is 13.1 Å². The summed E-state index contributed by atoms with van der Waals surface area (Å²) in [6.45, 7) is 2.26. The highest BCUT2D eigenvalue weighted by atomic mass is 32.1. The first-order chi connectivity index (χ1) is 13.5. The molecule has 7 nitrogen and oxygen atoms in total. The Labute approximate surface area is 167 Å². The van der Waals surface area contributed by atoms with Crippen molar-refractivity contribution in [2.45, 2.75) is 45.1 Å². The zero-order valence-electron chi connectivity index (χ0n) is 15.8. The van der Waals surface area contributed by atoms with Crippen molar-refractivity contribution >= 4 is 39.5 Å². The third-order valence-corrected chi connectivity index (χ3v) is 6.61. The fraction of sp³-hybridized carbons (Fsp3) is 0.500. The molecule has 2 aliphatic rings. The molecule has 1 unspecified atom stereocenters. The smallest absolute Gasteiger partial charge is 0.324 e. The molecule has 2 aromatic rings. The molecule has 28 heavy (non-hydrogen) atoms. The van der Waals surface area contributed by atoms with Crippen molar-refractivity contribution in [3.8, 4) is 0 Å². The van der Waals surface area contributed by atoms with Crippen LogP contribution in [0.3, 0.4) is 0 Å². The number of carbonyl (C=O) groups excluding carboxylic acids is 3. The predicted molar refractivity (Wildman–Crippen MR) is 105 cm³/mol. The number of para-hydroxylation sites is 1. The molecule has 1 saturated carbocycles. The van der Waals surface area contributed by atoms with Gasteiger partial charge < -0.3 is 10.1 Å². The van der Waals surface area contributed by atoms with E-state index in [1.807, 2.05) is 24.3 Å². The van der Waals surface area contributed by atoms with Crippen molar-refractivity contribution in [2.24, 2.45) is 5.41 Å². The van der Waals surface area contributed by atoms with Gasteiger partial charge in [-0.3, -0.25) is 14.5 Å². The zero-order valence-corrected chi connectivity index (χ0v) is 16.6. The summed E-state index contributed by atoms with van der Waals surface area (Å²) in [7, 11) is 0. The van der Waals surface area contributed by atoms with Crippen LogP contribution in [0.2, 0.25) is 0 Å². The van der Waals surface area contributed by atoms with E-state index in [9.17, 15) is 14.4 Å². The van der Waals surface area contributed by atoms with E-state index in [0.717, 1.165) is 45.8 Å². The monoisotopic (exact) mass is 401 g/mol. The Kier molecular flexibility index (Phi) is 5.05. The van der Waals surface area contributed by atoms with E-state index in [2.05, 4.69) is 10.3 Å². The number of imide groups is 1. The summed E-state index contributed by atoms with van der Waals surface area (Å²) in [6.07, 6.45) is 2.91. The number of fused-ring (bicyclic) bond motifs is 1. The fourth-order valence-corrected chi connectivity index (χ4v) is 5.14. The van der Waals surface area contributed by atoms with Gasteiger partial charge in [0.05, 0.1) is 20.6 Å². The van der Waals surface area contributed by atoms with E-state index in [0.29, 0.717) is 19.5 Å². The number of ether oxygens (including phenoxy) is 1. The van der Waals surface area contributed by atoms with E-state index in [-0.39, 0.29) is 5.97 Å². The molecule has 8 heteroatoms. The maximum absolute atomic E-state index is 13.1. The molecule has 1 N–H and O–H groups in total. The number of rotatable bonds is 5. The van der Waals surface area contributed by atoms with E-state index in [1.54, 1.807) is 11.3 Å². The molecule has 0 radical (unpaired) electrons. The minimum absolute atomic E-state index is 0.302. The lowest BCUT2D eigenvalue weighted by molar-refractivity contribution is -0.166. The summed E-state index contributed by atoms with van der Waals surface area (Å²) in [5.41, 5.74) is 0.294. The van der Waals surface area contributed by atoms with Crippen molar-refractivity contribution in [3.05, 3.63) is 29.3 Å². The average Bonchev–Trinajstić information content (AvgIpc) is 3.40. The molecule has 148 valence electrons.